The second kappa shape index (κ2) is 11.0. The standard InChI is InChI=1S/C24H28BN7O4/c1-15(24(34)36-25)31(2)17-5-3-16(4-6-17)18-14-28-22(26)21(29-18)23(33)30-19-13-27-8-7-20(19)32-9-11-35-12-10-32/h3-8,13-15H,9-12,25H2,1-2H3,(H2,26,28)(H,30,33)/t15-/m1/s1. The molecule has 1 atom stereocenters. The average molecular weight is 489 g/mol. The van der Waals surface area contributed by atoms with Gasteiger partial charge in [0, 0.05) is 37.6 Å². The van der Waals surface area contributed by atoms with Gasteiger partial charge in [-0.1, -0.05) is 12.1 Å². The fraction of sp³-hybridized carbons (Fsp3) is 0.292. The summed E-state index contributed by atoms with van der Waals surface area (Å²) < 4.78 is 10.2. The van der Waals surface area contributed by atoms with E-state index in [1.165, 1.54) is 14.2 Å². The first-order chi connectivity index (χ1) is 17.4. The van der Waals surface area contributed by atoms with Crippen LogP contribution in [-0.4, -0.2) is 74.3 Å². The molecule has 1 fully saturated rings. The van der Waals surface area contributed by atoms with Crippen molar-refractivity contribution in [1.82, 2.24) is 15.0 Å². The number of benzene rings is 1. The lowest BCUT2D eigenvalue weighted by atomic mass is 10.1. The molecule has 0 spiro atoms. The smallest absolute Gasteiger partial charge is 0.326 e. The van der Waals surface area contributed by atoms with Crippen molar-refractivity contribution in [3.05, 3.63) is 54.6 Å². The van der Waals surface area contributed by atoms with Crippen LogP contribution in [0, 0.1) is 0 Å². The van der Waals surface area contributed by atoms with E-state index in [0.717, 1.165) is 16.9 Å². The topological polar surface area (TPSA) is 136 Å². The molecule has 36 heavy (non-hydrogen) atoms. The second-order valence-electron chi connectivity index (χ2n) is 8.29. The number of morpholine rings is 1. The van der Waals surface area contributed by atoms with E-state index < -0.39 is 11.9 Å². The van der Waals surface area contributed by atoms with E-state index >= 15 is 0 Å². The van der Waals surface area contributed by atoms with Gasteiger partial charge in [-0.3, -0.25) is 14.6 Å². The predicted molar refractivity (Wildman–Crippen MR) is 140 cm³/mol. The summed E-state index contributed by atoms with van der Waals surface area (Å²) in [6, 6.07) is 8.81. The number of nitrogen functional groups attached to an aromatic ring is 1. The molecule has 1 aliphatic heterocycles. The molecule has 4 rings (SSSR count). The molecule has 3 aromatic rings. The largest absolute Gasteiger partial charge is 0.542 e. The summed E-state index contributed by atoms with van der Waals surface area (Å²) in [5, 5.41) is 2.88. The van der Waals surface area contributed by atoms with Gasteiger partial charge in [0.1, 0.15) is 6.04 Å². The Balaban J connectivity index is 1.54. The maximum Gasteiger partial charge on any atom is 0.326 e. The third-order valence-electron chi connectivity index (χ3n) is 6.11. The zero-order chi connectivity index (χ0) is 25.7. The summed E-state index contributed by atoms with van der Waals surface area (Å²) in [7, 11) is 3.17. The number of carbonyl (C=O) groups excluding carboxylic acids is 2. The Bertz CT molecular complexity index is 1240. The third-order valence-corrected chi connectivity index (χ3v) is 6.11. The molecule has 1 aliphatic rings. The molecule has 3 heterocycles. The highest BCUT2D eigenvalue weighted by molar-refractivity contribution is 6.07. The molecule has 0 radical (unpaired) electrons. The fourth-order valence-electron chi connectivity index (χ4n) is 3.87. The van der Waals surface area contributed by atoms with E-state index in [2.05, 4.69) is 25.2 Å². The first-order valence-electron chi connectivity index (χ1n) is 11.5. The summed E-state index contributed by atoms with van der Waals surface area (Å²) in [5.74, 6) is -0.782. The lowest BCUT2D eigenvalue weighted by Gasteiger charge is -2.30. The Morgan fingerprint density at radius 2 is 1.92 bits per heavy atom. The highest BCUT2D eigenvalue weighted by atomic mass is 16.5. The van der Waals surface area contributed by atoms with Gasteiger partial charge < -0.3 is 30.2 Å². The zero-order valence-electron chi connectivity index (χ0n) is 20.5. The van der Waals surface area contributed by atoms with Crippen LogP contribution in [0.25, 0.3) is 11.3 Å². The van der Waals surface area contributed by atoms with Crippen molar-refractivity contribution in [2.45, 2.75) is 13.0 Å². The maximum atomic E-state index is 13.1. The van der Waals surface area contributed by atoms with Crippen LogP contribution in [0.1, 0.15) is 17.4 Å². The molecule has 0 unspecified atom stereocenters. The van der Waals surface area contributed by atoms with E-state index in [1.807, 2.05) is 42.3 Å². The van der Waals surface area contributed by atoms with E-state index in [1.54, 1.807) is 19.3 Å². The molecule has 11 nitrogen and oxygen atoms in total. The van der Waals surface area contributed by atoms with E-state index in [0.29, 0.717) is 37.7 Å². The minimum Gasteiger partial charge on any atom is -0.542 e. The minimum absolute atomic E-state index is 0.0183. The summed E-state index contributed by atoms with van der Waals surface area (Å²) in [5.41, 5.74) is 9.50. The van der Waals surface area contributed by atoms with Gasteiger partial charge in [-0.25, -0.2) is 9.97 Å². The van der Waals surface area contributed by atoms with Gasteiger partial charge in [0.25, 0.3) is 5.91 Å². The minimum atomic E-state index is -0.479. The lowest BCUT2D eigenvalue weighted by Crippen LogP contribution is -2.36. The number of likely N-dealkylation sites (N-methyl/N-ethyl adjacent to an activating group) is 1. The van der Waals surface area contributed by atoms with Crippen LogP contribution in [0.2, 0.25) is 0 Å². The number of nitrogens with one attached hydrogen (secondary N) is 1. The number of rotatable bonds is 7. The molecule has 12 heteroatoms. The van der Waals surface area contributed by atoms with E-state index in [-0.39, 0.29) is 17.5 Å². The number of nitrogens with two attached hydrogens (primary N) is 1. The molecule has 186 valence electrons. The van der Waals surface area contributed by atoms with Crippen LogP contribution in [-0.2, 0) is 14.2 Å². The molecular formula is C24H28BN7O4. The molecule has 1 aromatic carbocycles. The molecule has 1 saturated heterocycles. The normalized spacial score (nSPS) is 14.1. The van der Waals surface area contributed by atoms with Crippen molar-refractivity contribution < 1.29 is 19.0 Å². The van der Waals surface area contributed by atoms with Gasteiger partial charge in [-0.15, -0.1) is 0 Å². The van der Waals surface area contributed by atoms with Gasteiger partial charge in [0.2, 0.25) is 0 Å². The lowest BCUT2D eigenvalue weighted by molar-refractivity contribution is -0.135. The summed E-state index contributed by atoms with van der Waals surface area (Å²) >= 11 is 0. The molecular weight excluding hydrogens is 461 g/mol. The zero-order valence-corrected chi connectivity index (χ0v) is 20.5. The fourth-order valence-corrected chi connectivity index (χ4v) is 3.87. The average Bonchev–Trinajstić information content (AvgIpc) is 2.93. The number of aromatic nitrogens is 3. The molecule has 0 bridgehead atoms. The SMILES string of the molecule is BOC(=O)[C@@H](C)N(C)c1ccc(-c2cnc(N)c(C(=O)Nc3cnccc3N3CCOCC3)n2)cc1. The highest BCUT2D eigenvalue weighted by Crippen LogP contribution is 2.27. The van der Waals surface area contributed by atoms with Crippen molar-refractivity contribution in [3.63, 3.8) is 0 Å². The summed E-state index contributed by atoms with van der Waals surface area (Å²) in [6.45, 7) is 4.43. The Hall–Kier alpha value is -4.19. The number of ether oxygens (including phenoxy) is 1. The van der Waals surface area contributed by atoms with E-state index in [9.17, 15) is 9.59 Å². The molecule has 2 aromatic heterocycles. The first-order valence-corrected chi connectivity index (χ1v) is 11.5. The van der Waals surface area contributed by atoms with Crippen LogP contribution in [0.3, 0.4) is 0 Å². The monoisotopic (exact) mass is 489 g/mol. The number of amides is 1. The van der Waals surface area contributed by atoms with Crippen LogP contribution < -0.4 is 20.9 Å². The van der Waals surface area contributed by atoms with Gasteiger partial charge in [0.15, 0.2) is 11.5 Å². The summed E-state index contributed by atoms with van der Waals surface area (Å²) in [4.78, 5) is 41.8. The van der Waals surface area contributed by atoms with Crippen molar-refractivity contribution in [3.8, 4) is 11.3 Å². The molecule has 1 amide bonds. The number of nitrogens with zero attached hydrogens (tertiary/aromatic N) is 5. The van der Waals surface area contributed by atoms with Crippen LogP contribution >= 0.6 is 0 Å². The molecule has 3 N–H and O–H groups in total. The Morgan fingerprint density at radius 3 is 2.61 bits per heavy atom. The Morgan fingerprint density at radius 1 is 1.19 bits per heavy atom. The van der Waals surface area contributed by atoms with Crippen molar-refractivity contribution in [2.24, 2.45) is 0 Å². The predicted octanol–water partition coefficient (Wildman–Crippen LogP) is 1.13. The van der Waals surface area contributed by atoms with E-state index in [4.69, 9.17) is 15.1 Å². The first kappa shape index (κ1) is 24.9. The third kappa shape index (κ3) is 5.38. The van der Waals surface area contributed by atoms with Gasteiger partial charge in [0.05, 0.1) is 42.7 Å². The van der Waals surface area contributed by atoms with Crippen LogP contribution in [0.4, 0.5) is 22.9 Å². The Labute approximate surface area is 210 Å². The molecule has 0 aliphatic carbocycles. The quantitative estimate of drug-likeness (QED) is 0.465. The number of pyridine rings is 1. The Kier molecular flexibility index (Phi) is 7.64. The number of hydrogen-bond acceptors (Lipinski definition) is 10. The van der Waals surface area contributed by atoms with Crippen LogP contribution in [0.15, 0.2) is 48.9 Å². The van der Waals surface area contributed by atoms with Crippen molar-refractivity contribution >= 4 is 42.8 Å². The number of carbonyl (C=O) groups is 2. The second-order valence-corrected chi connectivity index (χ2v) is 8.29. The maximum absolute atomic E-state index is 13.1. The van der Waals surface area contributed by atoms with Crippen LogP contribution in [0.5, 0.6) is 0 Å². The highest BCUT2D eigenvalue weighted by Gasteiger charge is 2.21. The van der Waals surface area contributed by atoms with Gasteiger partial charge in [-0.05, 0) is 25.1 Å². The van der Waals surface area contributed by atoms with Gasteiger partial charge >= 0.3 is 14.0 Å². The number of anilines is 4. The van der Waals surface area contributed by atoms with Crippen molar-refractivity contribution in [1.29, 1.82) is 0 Å². The summed E-state index contributed by atoms with van der Waals surface area (Å²) in [6.07, 6.45) is 4.80. The number of hydrogen-bond donors (Lipinski definition) is 2. The molecule has 0 saturated carbocycles. The van der Waals surface area contributed by atoms with Gasteiger partial charge in [-0.2, -0.15) is 0 Å². The van der Waals surface area contributed by atoms with Crippen molar-refractivity contribution in [2.75, 3.05) is 54.2 Å².